The Morgan fingerprint density at radius 3 is 2.55 bits per heavy atom. The lowest BCUT2D eigenvalue weighted by Crippen LogP contribution is -2.32. The predicted molar refractivity (Wildman–Crippen MR) is 83.6 cm³/mol. The molecule has 0 unspecified atom stereocenters. The standard InChI is InChI=1S/C13H18ClN3O2.ClH/c1-3-6-16-13(19)10-5-4-9(7-11(10)14)17-12(18)8(2)15;/h4-5,7-8H,3,6,15H2,1-2H3,(H,16,19)(H,17,18);1H/t8-;/m0./s1. The van der Waals surface area contributed by atoms with Gasteiger partial charge in [-0.05, 0) is 31.5 Å². The zero-order chi connectivity index (χ0) is 14.4. The van der Waals surface area contributed by atoms with E-state index >= 15 is 0 Å². The third-order valence-electron chi connectivity index (χ3n) is 2.43. The number of carbonyl (C=O) groups excluding carboxylic acids is 2. The van der Waals surface area contributed by atoms with Crippen molar-refractivity contribution in [3.8, 4) is 0 Å². The molecule has 1 atom stereocenters. The summed E-state index contributed by atoms with van der Waals surface area (Å²) in [5.74, 6) is -0.531. The van der Waals surface area contributed by atoms with Gasteiger partial charge in [0.2, 0.25) is 5.91 Å². The maximum absolute atomic E-state index is 11.8. The molecule has 0 fully saturated rings. The van der Waals surface area contributed by atoms with Crippen molar-refractivity contribution in [1.29, 1.82) is 0 Å². The van der Waals surface area contributed by atoms with E-state index in [0.717, 1.165) is 6.42 Å². The average molecular weight is 320 g/mol. The number of halogens is 2. The van der Waals surface area contributed by atoms with Crippen molar-refractivity contribution < 1.29 is 9.59 Å². The first-order valence-corrected chi connectivity index (χ1v) is 6.47. The summed E-state index contributed by atoms with van der Waals surface area (Å²) >= 11 is 6.02. The van der Waals surface area contributed by atoms with Gasteiger partial charge in [0, 0.05) is 12.2 Å². The van der Waals surface area contributed by atoms with Gasteiger partial charge < -0.3 is 16.4 Å². The molecule has 1 aromatic rings. The van der Waals surface area contributed by atoms with E-state index in [0.29, 0.717) is 17.8 Å². The summed E-state index contributed by atoms with van der Waals surface area (Å²) in [7, 11) is 0. The number of amides is 2. The topological polar surface area (TPSA) is 84.2 Å². The van der Waals surface area contributed by atoms with E-state index in [2.05, 4.69) is 10.6 Å². The van der Waals surface area contributed by atoms with E-state index in [1.807, 2.05) is 6.92 Å². The molecule has 0 saturated carbocycles. The third-order valence-corrected chi connectivity index (χ3v) is 2.74. The van der Waals surface area contributed by atoms with E-state index in [9.17, 15) is 9.59 Å². The van der Waals surface area contributed by atoms with Crippen LogP contribution >= 0.6 is 24.0 Å². The lowest BCUT2D eigenvalue weighted by atomic mass is 10.2. The number of nitrogens with two attached hydrogens (primary N) is 1. The normalized spacial score (nSPS) is 11.2. The zero-order valence-corrected chi connectivity index (χ0v) is 13.0. The van der Waals surface area contributed by atoms with Crippen molar-refractivity contribution in [3.63, 3.8) is 0 Å². The van der Waals surface area contributed by atoms with Gasteiger partial charge in [-0.25, -0.2) is 0 Å². The van der Waals surface area contributed by atoms with E-state index < -0.39 is 6.04 Å². The number of hydrogen-bond acceptors (Lipinski definition) is 3. The van der Waals surface area contributed by atoms with Gasteiger partial charge >= 0.3 is 0 Å². The van der Waals surface area contributed by atoms with Crippen molar-refractivity contribution in [3.05, 3.63) is 28.8 Å². The van der Waals surface area contributed by atoms with Crippen molar-refractivity contribution in [2.75, 3.05) is 11.9 Å². The summed E-state index contributed by atoms with van der Waals surface area (Å²) in [6, 6.07) is 4.12. The molecule has 7 heteroatoms. The Labute approximate surface area is 129 Å². The van der Waals surface area contributed by atoms with Crippen molar-refractivity contribution in [2.45, 2.75) is 26.3 Å². The molecular formula is C13H19Cl2N3O2. The Balaban J connectivity index is 0.00000361. The molecule has 0 heterocycles. The van der Waals surface area contributed by atoms with E-state index in [4.69, 9.17) is 17.3 Å². The minimum absolute atomic E-state index is 0. The molecule has 0 aliphatic heterocycles. The fraction of sp³-hybridized carbons (Fsp3) is 0.385. The SMILES string of the molecule is CCCNC(=O)c1ccc(NC(=O)[C@H](C)N)cc1Cl.Cl. The highest BCUT2D eigenvalue weighted by Gasteiger charge is 2.12. The van der Waals surface area contributed by atoms with Crippen LogP contribution in [-0.4, -0.2) is 24.4 Å². The van der Waals surface area contributed by atoms with Gasteiger partial charge in [-0.1, -0.05) is 18.5 Å². The van der Waals surface area contributed by atoms with Gasteiger partial charge in [-0.3, -0.25) is 9.59 Å². The fourth-order valence-electron chi connectivity index (χ4n) is 1.37. The van der Waals surface area contributed by atoms with E-state index in [1.54, 1.807) is 19.1 Å². The molecule has 0 aromatic heterocycles. The number of nitrogens with one attached hydrogen (secondary N) is 2. The lowest BCUT2D eigenvalue weighted by molar-refractivity contribution is -0.117. The van der Waals surface area contributed by atoms with E-state index in [-0.39, 0.29) is 29.2 Å². The van der Waals surface area contributed by atoms with Crippen LogP contribution < -0.4 is 16.4 Å². The first-order chi connectivity index (χ1) is 8.95. The van der Waals surface area contributed by atoms with Crippen LogP contribution in [0.4, 0.5) is 5.69 Å². The van der Waals surface area contributed by atoms with Crippen LogP contribution in [0.5, 0.6) is 0 Å². The minimum atomic E-state index is -0.605. The quantitative estimate of drug-likeness (QED) is 0.777. The molecule has 1 rings (SSSR count). The molecule has 20 heavy (non-hydrogen) atoms. The molecule has 0 radical (unpaired) electrons. The number of rotatable bonds is 5. The van der Waals surface area contributed by atoms with Crippen LogP contribution in [0, 0.1) is 0 Å². The third kappa shape index (κ3) is 5.36. The van der Waals surface area contributed by atoms with Crippen molar-refractivity contribution >= 4 is 41.5 Å². The largest absolute Gasteiger partial charge is 0.352 e. The van der Waals surface area contributed by atoms with Gasteiger partial charge in [0.25, 0.3) is 5.91 Å². The van der Waals surface area contributed by atoms with Crippen LogP contribution in [-0.2, 0) is 4.79 Å². The monoisotopic (exact) mass is 319 g/mol. The van der Waals surface area contributed by atoms with Crippen LogP contribution in [0.15, 0.2) is 18.2 Å². The highest BCUT2D eigenvalue weighted by atomic mass is 35.5. The Morgan fingerprint density at radius 1 is 1.40 bits per heavy atom. The van der Waals surface area contributed by atoms with Crippen LogP contribution in [0.25, 0.3) is 0 Å². The smallest absolute Gasteiger partial charge is 0.252 e. The van der Waals surface area contributed by atoms with Gasteiger partial charge in [-0.15, -0.1) is 12.4 Å². The average Bonchev–Trinajstić information content (AvgIpc) is 2.35. The van der Waals surface area contributed by atoms with Gasteiger partial charge in [0.05, 0.1) is 16.6 Å². The number of carbonyl (C=O) groups is 2. The van der Waals surface area contributed by atoms with Gasteiger partial charge in [0.1, 0.15) is 0 Å². The Hall–Kier alpha value is -1.30. The maximum atomic E-state index is 11.8. The lowest BCUT2D eigenvalue weighted by Gasteiger charge is -2.10. The van der Waals surface area contributed by atoms with Crippen molar-refractivity contribution in [2.24, 2.45) is 5.73 Å². The molecule has 0 aliphatic rings. The summed E-state index contributed by atoms with van der Waals surface area (Å²) in [5.41, 5.74) is 6.34. The number of benzene rings is 1. The van der Waals surface area contributed by atoms with Crippen LogP contribution in [0.1, 0.15) is 30.6 Å². The summed E-state index contributed by atoms with van der Waals surface area (Å²) in [6.45, 7) is 4.15. The van der Waals surface area contributed by atoms with E-state index in [1.165, 1.54) is 6.07 Å². The maximum Gasteiger partial charge on any atom is 0.252 e. The molecule has 1 aromatic carbocycles. The molecule has 0 bridgehead atoms. The second kappa shape index (κ2) is 8.79. The van der Waals surface area contributed by atoms with Crippen LogP contribution in [0.3, 0.4) is 0 Å². The predicted octanol–water partition coefficient (Wildman–Crippen LogP) is 2.19. The summed E-state index contributed by atoms with van der Waals surface area (Å²) in [6.07, 6.45) is 0.853. The number of hydrogen-bond donors (Lipinski definition) is 3. The van der Waals surface area contributed by atoms with Crippen molar-refractivity contribution in [1.82, 2.24) is 5.32 Å². The highest BCUT2D eigenvalue weighted by Crippen LogP contribution is 2.21. The molecule has 0 saturated heterocycles. The Kier molecular flexibility index (Phi) is 8.22. The first-order valence-electron chi connectivity index (χ1n) is 6.10. The molecule has 112 valence electrons. The molecule has 4 N–H and O–H groups in total. The molecule has 0 spiro atoms. The van der Waals surface area contributed by atoms with Gasteiger partial charge in [0.15, 0.2) is 0 Å². The first kappa shape index (κ1) is 18.7. The molecule has 5 nitrogen and oxygen atoms in total. The molecule has 0 aliphatic carbocycles. The Bertz CT molecular complexity index is 479. The minimum Gasteiger partial charge on any atom is -0.352 e. The zero-order valence-electron chi connectivity index (χ0n) is 11.4. The highest BCUT2D eigenvalue weighted by molar-refractivity contribution is 6.34. The van der Waals surface area contributed by atoms with Crippen LogP contribution in [0.2, 0.25) is 5.02 Å². The second-order valence-electron chi connectivity index (χ2n) is 4.23. The summed E-state index contributed by atoms with van der Waals surface area (Å²) in [5, 5.41) is 5.64. The Morgan fingerprint density at radius 2 is 2.05 bits per heavy atom. The second-order valence-corrected chi connectivity index (χ2v) is 4.64. The fourth-order valence-corrected chi connectivity index (χ4v) is 1.63. The number of anilines is 1. The summed E-state index contributed by atoms with van der Waals surface area (Å²) < 4.78 is 0. The summed E-state index contributed by atoms with van der Waals surface area (Å²) in [4.78, 5) is 23.2. The molecule has 2 amide bonds. The molecular weight excluding hydrogens is 301 g/mol. The van der Waals surface area contributed by atoms with Gasteiger partial charge in [-0.2, -0.15) is 0 Å².